The first-order valence-electron chi connectivity index (χ1n) is 9.42. The van der Waals surface area contributed by atoms with Crippen LogP contribution in [0.5, 0.6) is 0 Å². The molecule has 0 aromatic carbocycles. The molecule has 0 spiro atoms. The monoisotopic (exact) mass is 330 g/mol. The second kappa shape index (κ2) is 5.51. The van der Waals surface area contributed by atoms with E-state index >= 15 is 0 Å². The number of rotatable bonds is 2. The number of Topliss-reactive ketones (excluding diaryl/α,β-unsaturated/α-hetero) is 1. The Morgan fingerprint density at radius 3 is 2.78 bits per heavy atom. The third kappa shape index (κ3) is 2.16. The van der Waals surface area contributed by atoms with Crippen molar-refractivity contribution in [3.63, 3.8) is 0 Å². The van der Waals surface area contributed by atoms with E-state index < -0.39 is 0 Å². The van der Waals surface area contributed by atoms with Gasteiger partial charge in [0, 0.05) is 23.0 Å². The van der Waals surface area contributed by atoms with Gasteiger partial charge in [-0.1, -0.05) is 30.7 Å². The molecule has 0 unspecified atom stereocenters. The Hall–Kier alpha value is -0.500. The molecule has 0 aromatic heterocycles. The Morgan fingerprint density at radius 2 is 2.00 bits per heavy atom. The molecule has 0 heterocycles. The predicted octanol–water partition coefficient (Wildman–Crippen LogP) is 5.42. The molecule has 0 saturated heterocycles. The van der Waals surface area contributed by atoms with Crippen LogP contribution in [0, 0.1) is 28.6 Å². The normalized spacial score (nSPS) is 46.0. The van der Waals surface area contributed by atoms with Crippen molar-refractivity contribution in [3.8, 4) is 0 Å². The maximum Gasteiger partial charge on any atom is 0.139 e. The SMILES string of the molecule is C=C1C=C2CC[C@@H]3[C@H](CC[C@]4(C)C(=O)CC[C@@H]34)[C@@]2(CSC)CC1. The van der Waals surface area contributed by atoms with Crippen LogP contribution >= 0.6 is 11.8 Å². The van der Waals surface area contributed by atoms with Crippen LogP contribution in [0.3, 0.4) is 0 Å². The fourth-order valence-corrected chi connectivity index (χ4v) is 7.81. The molecule has 1 nitrogen and oxygen atoms in total. The summed E-state index contributed by atoms with van der Waals surface area (Å²) < 4.78 is 0. The van der Waals surface area contributed by atoms with Gasteiger partial charge in [0.15, 0.2) is 0 Å². The summed E-state index contributed by atoms with van der Waals surface area (Å²) in [7, 11) is 0. The lowest BCUT2D eigenvalue weighted by atomic mass is 9.47. The molecule has 4 aliphatic carbocycles. The lowest BCUT2D eigenvalue weighted by Crippen LogP contribution is -2.52. The highest BCUT2D eigenvalue weighted by Crippen LogP contribution is 2.65. The highest BCUT2D eigenvalue weighted by molar-refractivity contribution is 7.98. The summed E-state index contributed by atoms with van der Waals surface area (Å²) in [4.78, 5) is 12.5. The van der Waals surface area contributed by atoms with Crippen molar-refractivity contribution in [1.29, 1.82) is 0 Å². The number of ketones is 1. The second-order valence-corrected chi connectivity index (χ2v) is 9.62. The minimum Gasteiger partial charge on any atom is -0.299 e. The molecule has 0 bridgehead atoms. The van der Waals surface area contributed by atoms with Gasteiger partial charge in [-0.3, -0.25) is 4.79 Å². The molecule has 3 fully saturated rings. The Bertz CT molecular complexity index is 576. The first-order valence-corrected chi connectivity index (χ1v) is 10.8. The molecule has 23 heavy (non-hydrogen) atoms. The number of carbonyl (C=O) groups excluding carboxylic acids is 1. The molecule has 0 aliphatic heterocycles. The van der Waals surface area contributed by atoms with Crippen molar-refractivity contribution in [2.45, 2.75) is 58.3 Å². The Kier molecular flexibility index (Phi) is 3.83. The van der Waals surface area contributed by atoms with Crippen LogP contribution in [0.2, 0.25) is 0 Å². The summed E-state index contributed by atoms with van der Waals surface area (Å²) in [6, 6.07) is 0. The van der Waals surface area contributed by atoms with Gasteiger partial charge in [-0.05, 0) is 69.0 Å². The number of fused-ring (bicyclic) bond motifs is 5. The van der Waals surface area contributed by atoms with Crippen molar-refractivity contribution in [1.82, 2.24) is 0 Å². The zero-order chi connectivity index (χ0) is 16.2. The van der Waals surface area contributed by atoms with Gasteiger partial charge in [0.05, 0.1) is 0 Å². The van der Waals surface area contributed by atoms with E-state index in [0.717, 1.165) is 31.1 Å². The smallest absolute Gasteiger partial charge is 0.139 e. The first-order chi connectivity index (χ1) is 11.0. The molecular weight excluding hydrogens is 300 g/mol. The van der Waals surface area contributed by atoms with Gasteiger partial charge < -0.3 is 0 Å². The van der Waals surface area contributed by atoms with E-state index in [-0.39, 0.29) is 5.41 Å². The van der Waals surface area contributed by atoms with E-state index in [0.29, 0.717) is 17.1 Å². The molecule has 126 valence electrons. The zero-order valence-corrected chi connectivity index (χ0v) is 15.5. The average molecular weight is 331 g/mol. The molecule has 0 radical (unpaired) electrons. The number of hydrogen-bond acceptors (Lipinski definition) is 2. The van der Waals surface area contributed by atoms with E-state index in [1.54, 1.807) is 5.57 Å². The van der Waals surface area contributed by atoms with Gasteiger partial charge in [0.25, 0.3) is 0 Å². The first kappa shape index (κ1) is 16.0. The van der Waals surface area contributed by atoms with Crippen LogP contribution < -0.4 is 0 Å². The van der Waals surface area contributed by atoms with Crippen molar-refractivity contribution < 1.29 is 4.79 Å². The van der Waals surface area contributed by atoms with Crippen LogP contribution in [0.4, 0.5) is 0 Å². The summed E-state index contributed by atoms with van der Waals surface area (Å²) in [6.45, 7) is 6.54. The number of thioether (sulfide) groups is 1. The van der Waals surface area contributed by atoms with Crippen molar-refractivity contribution in [3.05, 3.63) is 23.8 Å². The van der Waals surface area contributed by atoms with Gasteiger partial charge in [-0.15, -0.1) is 0 Å². The lowest BCUT2D eigenvalue weighted by molar-refractivity contribution is -0.132. The summed E-state index contributed by atoms with van der Waals surface area (Å²) in [5.74, 6) is 4.10. The van der Waals surface area contributed by atoms with Crippen LogP contribution in [0.15, 0.2) is 23.8 Å². The van der Waals surface area contributed by atoms with E-state index in [9.17, 15) is 4.79 Å². The van der Waals surface area contributed by atoms with E-state index in [1.807, 2.05) is 11.8 Å². The number of hydrogen-bond donors (Lipinski definition) is 0. The number of allylic oxidation sites excluding steroid dienone is 3. The maximum atomic E-state index is 12.5. The summed E-state index contributed by atoms with van der Waals surface area (Å²) in [5.41, 5.74) is 3.47. The third-order valence-corrected chi connectivity index (χ3v) is 8.72. The number of carbonyl (C=O) groups is 1. The maximum absolute atomic E-state index is 12.5. The summed E-state index contributed by atoms with van der Waals surface area (Å²) >= 11 is 2.03. The minimum atomic E-state index is 0.0151. The average Bonchev–Trinajstić information content (AvgIpc) is 2.84. The lowest BCUT2D eigenvalue weighted by Gasteiger charge is -2.58. The van der Waals surface area contributed by atoms with E-state index in [2.05, 4.69) is 25.8 Å². The van der Waals surface area contributed by atoms with Crippen molar-refractivity contribution >= 4 is 17.5 Å². The Balaban J connectivity index is 1.72. The van der Waals surface area contributed by atoms with Crippen LogP contribution in [0.1, 0.15) is 58.3 Å². The molecular formula is C21H30OS. The minimum absolute atomic E-state index is 0.0151. The second-order valence-electron chi connectivity index (χ2n) is 8.75. The van der Waals surface area contributed by atoms with Crippen LogP contribution in [-0.2, 0) is 4.79 Å². The largest absolute Gasteiger partial charge is 0.299 e. The fourth-order valence-electron chi connectivity index (χ4n) is 6.75. The van der Waals surface area contributed by atoms with E-state index in [4.69, 9.17) is 0 Å². The molecule has 0 aromatic rings. The molecule has 0 N–H and O–H groups in total. The van der Waals surface area contributed by atoms with Gasteiger partial charge in [0.1, 0.15) is 5.78 Å². The fraction of sp³-hybridized carbons (Fsp3) is 0.762. The van der Waals surface area contributed by atoms with Crippen LogP contribution in [-0.4, -0.2) is 17.8 Å². The third-order valence-electron chi connectivity index (χ3n) is 7.91. The Morgan fingerprint density at radius 1 is 1.17 bits per heavy atom. The summed E-state index contributed by atoms with van der Waals surface area (Å²) in [5, 5.41) is 0. The van der Waals surface area contributed by atoms with Gasteiger partial charge in [0.2, 0.25) is 0 Å². The molecule has 5 atom stereocenters. The highest BCUT2D eigenvalue weighted by atomic mass is 32.2. The van der Waals surface area contributed by atoms with Gasteiger partial charge in [-0.2, -0.15) is 11.8 Å². The van der Waals surface area contributed by atoms with Gasteiger partial charge in [-0.25, -0.2) is 0 Å². The Labute approximate surface area is 145 Å². The van der Waals surface area contributed by atoms with Crippen molar-refractivity contribution in [2.75, 3.05) is 12.0 Å². The topological polar surface area (TPSA) is 17.1 Å². The van der Waals surface area contributed by atoms with Gasteiger partial charge >= 0.3 is 0 Å². The molecule has 0 amide bonds. The summed E-state index contributed by atoms with van der Waals surface area (Å²) in [6.07, 6.45) is 14.2. The van der Waals surface area contributed by atoms with Crippen LogP contribution in [0.25, 0.3) is 0 Å². The molecule has 4 rings (SSSR count). The van der Waals surface area contributed by atoms with E-state index in [1.165, 1.54) is 43.4 Å². The standard InChI is InChI=1S/C21H30OS/c1-14-8-11-21(13-23-3)15(12-14)4-5-16-17-6-7-19(22)20(17,2)10-9-18(16)21/h12,16-18H,1,4-11,13H2,2-3H3/t16-,17-,18-,20-,21+/m0/s1. The molecule has 4 aliphatic rings. The highest BCUT2D eigenvalue weighted by Gasteiger charge is 2.59. The molecule has 2 heteroatoms. The molecule has 3 saturated carbocycles. The predicted molar refractivity (Wildman–Crippen MR) is 98.6 cm³/mol. The quantitative estimate of drug-likeness (QED) is 0.672. The zero-order valence-electron chi connectivity index (χ0n) is 14.7. The van der Waals surface area contributed by atoms with Crippen molar-refractivity contribution in [2.24, 2.45) is 28.6 Å².